The Morgan fingerprint density at radius 2 is 1.76 bits per heavy atom. The summed E-state index contributed by atoms with van der Waals surface area (Å²) in [4.78, 5) is 0. The number of hydrogen-bond donors (Lipinski definition) is 1. The lowest BCUT2D eigenvalue weighted by atomic mass is 9.67. The van der Waals surface area contributed by atoms with Gasteiger partial charge in [0.25, 0.3) is 0 Å². The molecular formula is C24H32ClNO3. The molecule has 0 bridgehead atoms. The van der Waals surface area contributed by atoms with Crippen molar-refractivity contribution in [3.8, 4) is 11.5 Å². The summed E-state index contributed by atoms with van der Waals surface area (Å²) >= 11 is 0. The van der Waals surface area contributed by atoms with Crippen LogP contribution in [0.2, 0.25) is 0 Å². The number of ether oxygens (including phenoxy) is 3. The van der Waals surface area contributed by atoms with Crippen molar-refractivity contribution in [3.63, 3.8) is 0 Å². The van der Waals surface area contributed by atoms with Crippen LogP contribution in [0.25, 0.3) is 0 Å². The summed E-state index contributed by atoms with van der Waals surface area (Å²) in [5, 5.41) is 3.64. The highest BCUT2D eigenvalue weighted by Crippen LogP contribution is 2.44. The summed E-state index contributed by atoms with van der Waals surface area (Å²) in [6, 6.07) is 15.3. The Morgan fingerprint density at radius 1 is 1.00 bits per heavy atom. The van der Waals surface area contributed by atoms with Crippen molar-refractivity contribution >= 4 is 12.4 Å². The quantitative estimate of drug-likeness (QED) is 0.659. The minimum atomic E-state index is -0.0829. The molecule has 0 spiro atoms. The molecule has 1 unspecified atom stereocenters. The van der Waals surface area contributed by atoms with Crippen LogP contribution in [0.4, 0.5) is 0 Å². The number of halogens is 1. The van der Waals surface area contributed by atoms with Gasteiger partial charge in [0.15, 0.2) is 11.5 Å². The fourth-order valence-electron chi connectivity index (χ4n) is 4.60. The minimum absolute atomic E-state index is 0. The molecule has 0 saturated carbocycles. The number of nitrogens with one attached hydrogen (secondary N) is 1. The van der Waals surface area contributed by atoms with Crippen LogP contribution in [0, 0.1) is 6.92 Å². The SMILES string of the molecule is Cc1ccc(C2(CCNCc3ccc4c(c3)OCO4)CCOC(C)(C)C2)cc1.Cl. The van der Waals surface area contributed by atoms with Gasteiger partial charge in [-0.25, -0.2) is 0 Å². The number of hydrogen-bond acceptors (Lipinski definition) is 4. The molecule has 0 aliphatic carbocycles. The van der Waals surface area contributed by atoms with Crippen LogP contribution in [0.5, 0.6) is 11.5 Å². The summed E-state index contributed by atoms with van der Waals surface area (Å²) in [5.41, 5.74) is 4.06. The molecule has 1 atom stereocenters. The third kappa shape index (κ3) is 5.06. The molecule has 5 heteroatoms. The van der Waals surface area contributed by atoms with Crippen LogP contribution < -0.4 is 14.8 Å². The van der Waals surface area contributed by atoms with Crippen molar-refractivity contribution < 1.29 is 14.2 Å². The van der Waals surface area contributed by atoms with Gasteiger partial charge in [-0.05, 0) is 69.8 Å². The zero-order chi connectivity index (χ0) is 19.6. The average molecular weight is 418 g/mol. The molecule has 0 radical (unpaired) electrons. The van der Waals surface area contributed by atoms with E-state index in [0.717, 1.165) is 50.5 Å². The van der Waals surface area contributed by atoms with Crippen LogP contribution in [0.15, 0.2) is 42.5 Å². The van der Waals surface area contributed by atoms with Crippen molar-refractivity contribution in [2.45, 2.75) is 57.6 Å². The van der Waals surface area contributed by atoms with E-state index in [4.69, 9.17) is 14.2 Å². The maximum atomic E-state index is 6.04. The third-order valence-electron chi connectivity index (χ3n) is 6.05. The van der Waals surface area contributed by atoms with E-state index in [-0.39, 0.29) is 23.4 Å². The standard InChI is InChI=1S/C24H31NO3.ClH/c1-18-4-7-20(8-5-18)24(11-13-28-23(2,3)16-24)10-12-25-15-19-6-9-21-22(14-19)27-17-26-21;/h4-9,14,25H,10-13,15-17H2,1-3H3;1H. The molecule has 29 heavy (non-hydrogen) atoms. The van der Waals surface area contributed by atoms with E-state index in [9.17, 15) is 0 Å². The van der Waals surface area contributed by atoms with Crippen LogP contribution >= 0.6 is 12.4 Å². The lowest BCUT2D eigenvalue weighted by Gasteiger charge is -2.45. The molecule has 1 saturated heterocycles. The maximum Gasteiger partial charge on any atom is 0.231 e. The van der Waals surface area contributed by atoms with E-state index in [1.54, 1.807) is 0 Å². The molecule has 2 aliphatic rings. The van der Waals surface area contributed by atoms with Crippen molar-refractivity contribution in [3.05, 3.63) is 59.2 Å². The van der Waals surface area contributed by atoms with Crippen molar-refractivity contribution in [2.75, 3.05) is 19.9 Å². The van der Waals surface area contributed by atoms with Gasteiger partial charge in [-0.2, -0.15) is 0 Å². The highest BCUT2D eigenvalue weighted by molar-refractivity contribution is 5.85. The number of aryl methyl sites for hydroxylation is 1. The zero-order valence-electron chi connectivity index (χ0n) is 17.6. The van der Waals surface area contributed by atoms with Gasteiger partial charge in [-0.1, -0.05) is 35.9 Å². The molecule has 1 N–H and O–H groups in total. The van der Waals surface area contributed by atoms with Gasteiger partial charge in [0, 0.05) is 18.6 Å². The molecule has 4 nitrogen and oxygen atoms in total. The van der Waals surface area contributed by atoms with Gasteiger partial charge in [0.1, 0.15) is 0 Å². The molecule has 0 aromatic heterocycles. The van der Waals surface area contributed by atoms with E-state index < -0.39 is 0 Å². The predicted molar refractivity (Wildman–Crippen MR) is 118 cm³/mol. The fourth-order valence-corrected chi connectivity index (χ4v) is 4.60. The van der Waals surface area contributed by atoms with E-state index in [2.05, 4.69) is 62.5 Å². The second-order valence-electron chi connectivity index (χ2n) is 8.80. The second kappa shape index (κ2) is 8.95. The first-order valence-corrected chi connectivity index (χ1v) is 10.3. The van der Waals surface area contributed by atoms with Gasteiger partial charge in [0.05, 0.1) is 5.60 Å². The van der Waals surface area contributed by atoms with Crippen molar-refractivity contribution in [1.29, 1.82) is 0 Å². The van der Waals surface area contributed by atoms with E-state index in [0.29, 0.717) is 6.79 Å². The van der Waals surface area contributed by atoms with Crippen LogP contribution in [0.1, 0.15) is 49.8 Å². The first kappa shape index (κ1) is 21.9. The monoisotopic (exact) mass is 417 g/mol. The first-order valence-electron chi connectivity index (χ1n) is 10.3. The van der Waals surface area contributed by atoms with Gasteiger partial charge >= 0.3 is 0 Å². The molecule has 4 rings (SSSR count). The van der Waals surface area contributed by atoms with Gasteiger partial charge in [-0.15, -0.1) is 12.4 Å². The third-order valence-corrected chi connectivity index (χ3v) is 6.05. The van der Waals surface area contributed by atoms with Crippen LogP contribution in [0.3, 0.4) is 0 Å². The summed E-state index contributed by atoms with van der Waals surface area (Å²) in [6.07, 6.45) is 3.23. The van der Waals surface area contributed by atoms with Crippen molar-refractivity contribution in [2.24, 2.45) is 0 Å². The van der Waals surface area contributed by atoms with Gasteiger partial charge in [0.2, 0.25) is 6.79 Å². The molecular weight excluding hydrogens is 386 g/mol. The van der Waals surface area contributed by atoms with Crippen LogP contribution in [-0.2, 0) is 16.7 Å². The highest BCUT2D eigenvalue weighted by atomic mass is 35.5. The number of rotatable bonds is 6. The lowest BCUT2D eigenvalue weighted by molar-refractivity contribution is -0.0840. The second-order valence-corrected chi connectivity index (χ2v) is 8.80. The Hall–Kier alpha value is -1.75. The summed E-state index contributed by atoms with van der Waals surface area (Å²) in [6.45, 7) is 9.53. The Kier molecular flexibility index (Phi) is 6.77. The molecule has 2 aromatic carbocycles. The maximum absolute atomic E-state index is 6.04. The van der Waals surface area contributed by atoms with Gasteiger partial charge < -0.3 is 19.5 Å². The summed E-state index contributed by atoms with van der Waals surface area (Å²) in [5.74, 6) is 1.69. The number of benzene rings is 2. The van der Waals surface area contributed by atoms with E-state index in [1.165, 1.54) is 16.7 Å². The number of fused-ring (bicyclic) bond motifs is 1. The topological polar surface area (TPSA) is 39.7 Å². The van der Waals surface area contributed by atoms with Crippen LogP contribution in [-0.4, -0.2) is 25.5 Å². The zero-order valence-corrected chi connectivity index (χ0v) is 18.4. The van der Waals surface area contributed by atoms with E-state index >= 15 is 0 Å². The minimum Gasteiger partial charge on any atom is -0.454 e. The largest absolute Gasteiger partial charge is 0.454 e. The van der Waals surface area contributed by atoms with Gasteiger partial charge in [-0.3, -0.25) is 0 Å². The average Bonchev–Trinajstić information content (AvgIpc) is 3.13. The smallest absolute Gasteiger partial charge is 0.231 e. The molecule has 1 fully saturated rings. The Bertz CT molecular complexity index is 821. The highest BCUT2D eigenvalue weighted by Gasteiger charge is 2.41. The van der Waals surface area contributed by atoms with E-state index in [1.807, 2.05) is 6.07 Å². The summed E-state index contributed by atoms with van der Waals surface area (Å²) < 4.78 is 16.9. The Morgan fingerprint density at radius 3 is 2.52 bits per heavy atom. The lowest BCUT2D eigenvalue weighted by Crippen LogP contribution is -2.45. The molecule has 2 aliphatic heterocycles. The molecule has 2 aromatic rings. The Labute approximate surface area is 180 Å². The predicted octanol–water partition coefficient (Wildman–Crippen LogP) is 5.15. The normalized spacial score (nSPS) is 22.2. The van der Waals surface area contributed by atoms with Crippen molar-refractivity contribution in [1.82, 2.24) is 5.32 Å². The summed E-state index contributed by atoms with van der Waals surface area (Å²) in [7, 11) is 0. The molecule has 158 valence electrons. The molecule has 0 amide bonds. The first-order chi connectivity index (χ1) is 13.5. The Balaban J connectivity index is 0.00000240. The molecule has 2 heterocycles. The fraction of sp³-hybridized carbons (Fsp3) is 0.500.